The van der Waals surface area contributed by atoms with Crippen molar-refractivity contribution in [3.05, 3.63) is 461 Å². The van der Waals surface area contributed by atoms with E-state index in [0.717, 1.165) is 105 Å². The average Bonchev–Trinajstić information content (AvgIpc) is 1.57. The fourth-order valence-electron chi connectivity index (χ4n) is 21.0. The van der Waals surface area contributed by atoms with Crippen LogP contribution in [0, 0.1) is 0 Å². The molecule has 0 spiro atoms. The van der Waals surface area contributed by atoms with E-state index in [0.29, 0.717) is 11.9 Å². The first-order chi connectivity index (χ1) is 65.4. The number of rotatable bonds is 10. The van der Waals surface area contributed by atoms with Crippen molar-refractivity contribution in [3.63, 3.8) is 0 Å². The van der Waals surface area contributed by atoms with Gasteiger partial charge in [0.25, 0.3) is 0 Å². The average molecular weight is 1680 g/mol. The molecule has 0 N–H and O–H groups in total. The van der Waals surface area contributed by atoms with Gasteiger partial charge in [-0.2, -0.15) is 0 Å². The molecule has 6 heterocycles. The van der Waals surface area contributed by atoms with Gasteiger partial charge in [0.05, 0.1) is 72.6 Å². The second kappa shape index (κ2) is 30.0. The molecule has 0 aliphatic heterocycles. The molecule has 22 aromatic carbocycles. The largest absolute Gasteiger partial charge is 0.309 e. The highest BCUT2D eigenvalue weighted by Crippen LogP contribution is 2.45. The summed E-state index contributed by atoms with van der Waals surface area (Å²) in [6, 6.07) is 167. The fraction of sp³-hybridized carbons (Fsp3) is 0. The third-order valence-corrected chi connectivity index (χ3v) is 27.3. The molecule has 0 saturated heterocycles. The molecule has 132 heavy (non-hydrogen) atoms. The van der Waals surface area contributed by atoms with E-state index in [1.165, 1.54) is 147 Å². The normalized spacial score (nSPS) is 11.9. The molecule has 8 nitrogen and oxygen atoms in total. The number of hydrogen-bond acceptors (Lipinski definition) is 4. The van der Waals surface area contributed by atoms with E-state index >= 15 is 0 Å². The SMILES string of the molecule is c1ccc2cc(-c3cc(-c4ccc5ccccc5c4)nc(-n4c5ccccc5c5cc(-c6ccc7c(c6)c6ccccc6n7-c6cc7ccccc7c7ccccc67)ccc54)n3)ccc2c1.c1ccc2cc(-c3cc(-c4ccc5ccccc5c4)nc(-n4c5ccccc5c5cc(-c6ccc7c(c6)c6ccccc6n7-c6ccc7ccc8ccccc8c7c6)ccc54)n3)ccc2c1. The maximum Gasteiger partial charge on any atom is 0.235 e. The number of hydrogen-bond donors (Lipinski definition) is 0. The van der Waals surface area contributed by atoms with Crippen LogP contribution in [0.5, 0.6) is 0 Å². The summed E-state index contributed by atoms with van der Waals surface area (Å²) in [6.07, 6.45) is 0. The van der Waals surface area contributed by atoms with Crippen molar-refractivity contribution >= 4 is 173 Å². The van der Waals surface area contributed by atoms with Gasteiger partial charge in [-0.05, 0) is 230 Å². The van der Waals surface area contributed by atoms with Crippen LogP contribution in [-0.2, 0) is 0 Å². The third kappa shape index (κ3) is 12.2. The van der Waals surface area contributed by atoms with Crippen LogP contribution in [0.15, 0.2) is 461 Å². The lowest BCUT2D eigenvalue weighted by molar-refractivity contribution is 0.995. The highest BCUT2D eigenvalue weighted by atomic mass is 15.2. The molecule has 28 aromatic rings. The fourth-order valence-corrected chi connectivity index (χ4v) is 21.0. The van der Waals surface area contributed by atoms with Crippen molar-refractivity contribution in [1.82, 2.24) is 38.2 Å². The van der Waals surface area contributed by atoms with E-state index in [1.807, 2.05) is 0 Å². The predicted molar refractivity (Wildman–Crippen MR) is 554 cm³/mol. The van der Waals surface area contributed by atoms with Crippen molar-refractivity contribution in [2.45, 2.75) is 0 Å². The predicted octanol–water partition coefficient (Wildman–Crippen LogP) is 32.6. The summed E-state index contributed by atoms with van der Waals surface area (Å²) in [7, 11) is 0. The molecule has 8 heteroatoms. The second-order valence-corrected chi connectivity index (χ2v) is 34.8. The Morgan fingerprint density at radius 3 is 0.780 bits per heavy atom. The van der Waals surface area contributed by atoms with Gasteiger partial charge in [0, 0.05) is 76.4 Å². The van der Waals surface area contributed by atoms with E-state index in [9.17, 15) is 0 Å². The molecule has 0 fully saturated rings. The van der Waals surface area contributed by atoms with E-state index in [-0.39, 0.29) is 0 Å². The van der Waals surface area contributed by atoms with Gasteiger partial charge in [0.15, 0.2) is 0 Å². The lowest BCUT2D eigenvalue weighted by atomic mass is 9.99. The first-order valence-corrected chi connectivity index (χ1v) is 45.1. The minimum absolute atomic E-state index is 0.637. The Labute approximate surface area is 758 Å². The minimum atomic E-state index is 0.637. The van der Waals surface area contributed by atoms with E-state index < -0.39 is 0 Å². The van der Waals surface area contributed by atoms with Gasteiger partial charge in [-0.15, -0.1) is 0 Å². The molecule has 0 bridgehead atoms. The minimum Gasteiger partial charge on any atom is -0.309 e. The van der Waals surface area contributed by atoms with E-state index in [2.05, 4.69) is 479 Å². The zero-order chi connectivity index (χ0) is 86.6. The van der Waals surface area contributed by atoms with Crippen LogP contribution in [0.4, 0.5) is 0 Å². The second-order valence-electron chi connectivity index (χ2n) is 34.8. The first-order valence-electron chi connectivity index (χ1n) is 45.1. The van der Waals surface area contributed by atoms with Gasteiger partial charge in [0.1, 0.15) is 0 Å². The van der Waals surface area contributed by atoms with Crippen molar-refractivity contribution < 1.29 is 0 Å². The van der Waals surface area contributed by atoms with Crippen LogP contribution in [0.1, 0.15) is 0 Å². The van der Waals surface area contributed by atoms with Crippen LogP contribution in [0.25, 0.3) is 264 Å². The number of benzene rings is 22. The van der Waals surface area contributed by atoms with Crippen LogP contribution >= 0.6 is 0 Å². The summed E-state index contributed by atoms with van der Waals surface area (Å²) in [5.74, 6) is 1.27. The van der Waals surface area contributed by atoms with Gasteiger partial charge in [-0.25, -0.2) is 19.9 Å². The highest BCUT2D eigenvalue weighted by molar-refractivity contribution is 6.19. The van der Waals surface area contributed by atoms with Crippen LogP contribution in [0.2, 0.25) is 0 Å². The Kier molecular flexibility index (Phi) is 16.9. The van der Waals surface area contributed by atoms with Crippen molar-refractivity contribution in [2.24, 2.45) is 0 Å². The summed E-state index contributed by atoms with van der Waals surface area (Å²) >= 11 is 0. The quantitative estimate of drug-likeness (QED) is 0.128. The molecule has 0 radical (unpaired) electrons. The molecule has 612 valence electrons. The Balaban J connectivity index is 0.000000135. The standard InChI is InChI=1S/2C62H38N4/c1-3-14-43-33-47(25-21-39(43)11-1)56-38-57(48-26-22-40-12-2-4-15-44(40)34-48)64-62(63-56)66-59-20-10-8-18-52(59)55-36-46(29-32-61(55)66)45-28-31-60-54(35-45)51-17-7-9-19-58(51)65(60)49-30-27-42-24-23-41-13-5-6-16-50(41)53(42)37-49;1-3-15-41-33-46(27-25-39(41)13-1)55-38-56(47-28-26-40-14-2-4-16-42(40)34-47)64-62(63-55)66-58-24-12-10-22-52(58)54-36-44(30-32-60(54)66)43-29-31-59-53(35-43)51-21-9-11-23-57(51)65(59)61-37-45-17-5-6-18-48(45)49-19-7-8-20-50(49)61/h2*1-38H. The zero-order valence-electron chi connectivity index (χ0n) is 71.5. The molecule has 0 atom stereocenters. The first kappa shape index (κ1) is 74.5. The summed E-state index contributed by atoms with van der Waals surface area (Å²) in [5.41, 5.74) is 23.7. The molecule has 0 amide bonds. The van der Waals surface area contributed by atoms with Crippen molar-refractivity contribution in [1.29, 1.82) is 0 Å². The van der Waals surface area contributed by atoms with Crippen LogP contribution in [-0.4, -0.2) is 38.2 Å². The molecule has 28 rings (SSSR count). The Hall–Kier alpha value is -17.7. The Morgan fingerprint density at radius 2 is 0.386 bits per heavy atom. The molecule has 6 aromatic heterocycles. The maximum atomic E-state index is 5.40. The number of nitrogens with zero attached hydrogens (tertiary/aromatic N) is 8. The third-order valence-electron chi connectivity index (χ3n) is 27.3. The smallest absolute Gasteiger partial charge is 0.235 e. The summed E-state index contributed by atoms with van der Waals surface area (Å²) < 4.78 is 9.37. The highest BCUT2D eigenvalue weighted by Gasteiger charge is 2.25. The van der Waals surface area contributed by atoms with Gasteiger partial charge in [-0.1, -0.05) is 334 Å². The van der Waals surface area contributed by atoms with Gasteiger partial charge in [-0.3, -0.25) is 9.13 Å². The van der Waals surface area contributed by atoms with E-state index in [4.69, 9.17) is 19.9 Å². The van der Waals surface area contributed by atoms with Crippen LogP contribution in [0.3, 0.4) is 0 Å². The molecule has 0 aliphatic carbocycles. The van der Waals surface area contributed by atoms with Crippen molar-refractivity contribution in [3.8, 4) is 90.6 Å². The summed E-state index contributed by atoms with van der Waals surface area (Å²) in [4.78, 5) is 21.6. The van der Waals surface area contributed by atoms with Gasteiger partial charge in [0.2, 0.25) is 11.9 Å². The Bertz CT molecular complexity index is 9520. The monoisotopic (exact) mass is 1680 g/mol. The van der Waals surface area contributed by atoms with Crippen molar-refractivity contribution in [2.75, 3.05) is 0 Å². The maximum absolute atomic E-state index is 5.40. The van der Waals surface area contributed by atoms with E-state index in [1.54, 1.807) is 0 Å². The molecule has 0 saturated carbocycles. The Morgan fingerprint density at radius 1 is 0.129 bits per heavy atom. The van der Waals surface area contributed by atoms with Gasteiger partial charge >= 0.3 is 0 Å². The summed E-state index contributed by atoms with van der Waals surface area (Å²) in [5, 5.41) is 29.1. The topological polar surface area (TPSA) is 71.3 Å². The molecular formula is C124H76N8. The van der Waals surface area contributed by atoms with Crippen LogP contribution < -0.4 is 0 Å². The zero-order valence-corrected chi connectivity index (χ0v) is 71.5. The molecule has 0 aliphatic rings. The lowest BCUT2D eigenvalue weighted by Gasteiger charge is -2.14. The molecular weight excluding hydrogens is 1600 g/mol. The number of aromatic nitrogens is 8. The lowest BCUT2D eigenvalue weighted by Crippen LogP contribution is -2.04. The number of fused-ring (bicyclic) bond motifs is 22. The number of para-hydroxylation sites is 4. The van der Waals surface area contributed by atoms with Gasteiger partial charge < -0.3 is 9.13 Å². The summed E-state index contributed by atoms with van der Waals surface area (Å²) in [6.45, 7) is 0. The molecule has 0 unspecified atom stereocenters.